The average Bonchev–Trinajstić information content (AvgIpc) is 2.07. The van der Waals surface area contributed by atoms with Crippen molar-refractivity contribution in [3.8, 4) is 0 Å². The number of hydrogen-bond acceptors (Lipinski definition) is 3. The Morgan fingerprint density at radius 3 is 2.82 bits per heavy atom. The van der Waals surface area contributed by atoms with Crippen molar-refractivity contribution in [1.29, 1.82) is 0 Å². The Kier molecular flexibility index (Phi) is 4.50. The van der Waals surface area contributed by atoms with E-state index in [1.54, 1.807) is 0 Å². The summed E-state index contributed by atoms with van der Waals surface area (Å²) in [6.07, 6.45) is 3.82. The minimum atomic E-state index is 0.848. The van der Waals surface area contributed by atoms with Crippen LogP contribution in [0.15, 0.2) is 0 Å². The van der Waals surface area contributed by atoms with Crippen LogP contribution in [0.4, 0.5) is 0 Å². The van der Waals surface area contributed by atoms with Gasteiger partial charge in [0.1, 0.15) is 0 Å². The highest BCUT2D eigenvalue weighted by atomic mass is 16.6. The average molecular weight is 158 g/mol. The lowest BCUT2D eigenvalue weighted by atomic mass is 9.95. The van der Waals surface area contributed by atoms with Crippen molar-refractivity contribution < 1.29 is 4.84 Å². The summed E-state index contributed by atoms with van der Waals surface area (Å²) in [4.78, 5) is 5.07. The van der Waals surface area contributed by atoms with Crippen molar-refractivity contribution in [2.24, 2.45) is 5.92 Å². The highest BCUT2D eigenvalue weighted by Gasteiger charge is 2.11. The van der Waals surface area contributed by atoms with Crippen LogP contribution in [0.5, 0.6) is 0 Å². The first-order chi connectivity index (χ1) is 5.43. The molecule has 0 spiro atoms. The van der Waals surface area contributed by atoms with Crippen LogP contribution in [0, 0.1) is 5.92 Å². The molecule has 0 aromatic carbocycles. The number of hydroxylamine groups is 1. The lowest BCUT2D eigenvalue weighted by molar-refractivity contribution is 0.0458. The number of rotatable bonds is 4. The Hall–Kier alpha value is -0.120. The second-order valence-corrected chi connectivity index (χ2v) is 3.03. The highest BCUT2D eigenvalue weighted by Crippen LogP contribution is 2.14. The van der Waals surface area contributed by atoms with E-state index in [0.717, 1.165) is 12.5 Å². The van der Waals surface area contributed by atoms with Crippen LogP contribution in [0.2, 0.25) is 0 Å². The van der Waals surface area contributed by atoms with Crippen LogP contribution in [-0.2, 0) is 4.84 Å². The van der Waals surface area contributed by atoms with Crippen molar-refractivity contribution in [2.75, 3.05) is 26.7 Å². The molecule has 11 heavy (non-hydrogen) atoms. The first-order valence-corrected chi connectivity index (χ1v) is 4.42. The van der Waals surface area contributed by atoms with Crippen LogP contribution >= 0.6 is 0 Å². The van der Waals surface area contributed by atoms with E-state index in [2.05, 4.69) is 10.8 Å². The van der Waals surface area contributed by atoms with Crippen LogP contribution in [0.25, 0.3) is 0 Å². The molecule has 66 valence electrons. The van der Waals surface area contributed by atoms with Gasteiger partial charge in [0.05, 0.1) is 6.61 Å². The smallest absolute Gasteiger partial charge is 0.0684 e. The third-order valence-electron chi connectivity index (χ3n) is 2.23. The van der Waals surface area contributed by atoms with E-state index in [-0.39, 0.29) is 0 Å². The van der Waals surface area contributed by atoms with Crippen LogP contribution in [0.3, 0.4) is 0 Å². The van der Waals surface area contributed by atoms with Crippen molar-refractivity contribution in [3.05, 3.63) is 0 Å². The molecule has 3 heteroatoms. The van der Waals surface area contributed by atoms with E-state index in [4.69, 9.17) is 4.84 Å². The predicted molar refractivity (Wildman–Crippen MR) is 45.2 cm³/mol. The molecular weight excluding hydrogens is 140 g/mol. The molecule has 0 bridgehead atoms. The summed E-state index contributed by atoms with van der Waals surface area (Å²) in [5.74, 6) is 0.879. The number of piperidine rings is 1. The van der Waals surface area contributed by atoms with Gasteiger partial charge in [-0.1, -0.05) is 0 Å². The molecule has 0 radical (unpaired) electrons. The molecule has 1 heterocycles. The predicted octanol–water partition coefficient (Wildman–Crippen LogP) is 0.527. The zero-order valence-corrected chi connectivity index (χ0v) is 7.23. The summed E-state index contributed by atoms with van der Waals surface area (Å²) >= 11 is 0. The summed E-state index contributed by atoms with van der Waals surface area (Å²) in [7, 11) is 1.81. The fraction of sp³-hybridized carbons (Fsp3) is 1.00. The molecule has 0 atom stereocenters. The molecule has 1 aliphatic rings. The quantitative estimate of drug-likeness (QED) is 0.462. The monoisotopic (exact) mass is 158 g/mol. The van der Waals surface area contributed by atoms with E-state index in [9.17, 15) is 0 Å². The van der Waals surface area contributed by atoms with E-state index in [0.29, 0.717) is 0 Å². The summed E-state index contributed by atoms with van der Waals surface area (Å²) < 4.78 is 0. The molecular formula is C8H18N2O. The van der Waals surface area contributed by atoms with Crippen molar-refractivity contribution in [2.45, 2.75) is 19.3 Å². The van der Waals surface area contributed by atoms with E-state index in [1.165, 1.54) is 32.4 Å². The zero-order chi connectivity index (χ0) is 7.94. The fourth-order valence-electron chi connectivity index (χ4n) is 1.50. The van der Waals surface area contributed by atoms with E-state index < -0.39 is 0 Å². The molecule has 0 aromatic rings. The third-order valence-corrected chi connectivity index (χ3v) is 2.23. The first kappa shape index (κ1) is 8.97. The van der Waals surface area contributed by atoms with Crippen LogP contribution in [0.1, 0.15) is 19.3 Å². The molecule has 1 rings (SSSR count). The lowest BCUT2D eigenvalue weighted by Gasteiger charge is -2.21. The minimum absolute atomic E-state index is 0.848. The first-order valence-electron chi connectivity index (χ1n) is 4.42. The molecule has 1 fully saturated rings. The lowest BCUT2D eigenvalue weighted by Crippen LogP contribution is -2.28. The van der Waals surface area contributed by atoms with Gasteiger partial charge >= 0.3 is 0 Å². The highest BCUT2D eigenvalue weighted by molar-refractivity contribution is 4.67. The van der Waals surface area contributed by atoms with Crippen molar-refractivity contribution in [1.82, 2.24) is 10.8 Å². The van der Waals surface area contributed by atoms with Gasteiger partial charge in [0.15, 0.2) is 0 Å². The Morgan fingerprint density at radius 1 is 1.45 bits per heavy atom. The summed E-state index contributed by atoms with van der Waals surface area (Å²) in [5.41, 5.74) is 2.69. The SMILES string of the molecule is CNOCCC1CCNCC1. The van der Waals surface area contributed by atoms with Gasteiger partial charge in [-0.3, -0.25) is 0 Å². The standard InChI is InChI=1S/C8H18N2O/c1-9-11-7-4-8-2-5-10-6-3-8/h8-10H,2-7H2,1H3. The summed E-state index contributed by atoms with van der Waals surface area (Å²) in [6.45, 7) is 3.22. The second kappa shape index (κ2) is 5.52. The van der Waals surface area contributed by atoms with Gasteiger partial charge in [-0.05, 0) is 38.3 Å². The maximum Gasteiger partial charge on any atom is 0.0684 e. The maximum atomic E-state index is 5.07. The number of hydrogen-bond donors (Lipinski definition) is 2. The van der Waals surface area contributed by atoms with Gasteiger partial charge in [-0.25, -0.2) is 5.48 Å². The van der Waals surface area contributed by atoms with Crippen LogP contribution in [-0.4, -0.2) is 26.7 Å². The molecule has 2 N–H and O–H groups in total. The van der Waals surface area contributed by atoms with E-state index in [1.807, 2.05) is 7.05 Å². The number of nitrogens with one attached hydrogen (secondary N) is 2. The summed E-state index contributed by atoms with van der Waals surface area (Å²) in [6, 6.07) is 0. The Labute approximate surface area is 68.5 Å². The Balaban J connectivity index is 1.96. The molecule has 0 saturated carbocycles. The van der Waals surface area contributed by atoms with Gasteiger partial charge in [0.2, 0.25) is 0 Å². The normalized spacial score (nSPS) is 20.5. The minimum Gasteiger partial charge on any atom is -0.317 e. The topological polar surface area (TPSA) is 33.3 Å². The van der Waals surface area contributed by atoms with Gasteiger partial charge in [-0.15, -0.1) is 0 Å². The molecule has 0 unspecified atom stereocenters. The molecule has 3 nitrogen and oxygen atoms in total. The van der Waals surface area contributed by atoms with Crippen molar-refractivity contribution in [3.63, 3.8) is 0 Å². The van der Waals surface area contributed by atoms with Gasteiger partial charge in [0, 0.05) is 7.05 Å². The van der Waals surface area contributed by atoms with Crippen LogP contribution < -0.4 is 10.8 Å². The van der Waals surface area contributed by atoms with Crippen molar-refractivity contribution >= 4 is 0 Å². The molecule has 0 amide bonds. The Bertz CT molecular complexity index is 92.1. The molecule has 0 aliphatic carbocycles. The zero-order valence-electron chi connectivity index (χ0n) is 7.23. The fourth-order valence-corrected chi connectivity index (χ4v) is 1.50. The maximum absolute atomic E-state index is 5.07. The largest absolute Gasteiger partial charge is 0.317 e. The van der Waals surface area contributed by atoms with Gasteiger partial charge in [0.25, 0.3) is 0 Å². The van der Waals surface area contributed by atoms with Gasteiger partial charge in [-0.2, -0.15) is 0 Å². The molecule has 0 aromatic heterocycles. The van der Waals surface area contributed by atoms with Gasteiger partial charge < -0.3 is 10.2 Å². The molecule has 1 saturated heterocycles. The second-order valence-electron chi connectivity index (χ2n) is 3.03. The van der Waals surface area contributed by atoms with E-state index >= 15 is 0 Å². The summed E-state index contributed by atoms with van der Waals surface area (Å²) in [5, 5.41) is 3.35. The third kappa shape index (κ3) is 3.70. The molecule has 1 aliphatic heterocycles. The Morgan fingerprint density at radius 2 is 2.18 bits per heavy atom.